The van der Waals surface area contributed by atoms with Gasteiger partial charge in [-0.2, -0.15) is 0 Å². The van der Waals surface area contributed by atoms with Gasteiger partial charge in [-0.1, -0.05) is 208 Å². The number of unbranched alkanes of at least 4 members (excludes halogenated alkanes) is 21. The molecule has 0 amide bonds. The quantitative estimate of drug-likeness (QED) is 0.0262. The maximum absolute atomic E-state index is 12.8. The molecule has 0 aromatic heterocycles. The molecule has 0 aliphatic rings. The van der Waals surface area contributed by atoms with E-state index in [2.05, 4.69) is 118 Å². The molecule has 0 fully saturated rings. The molecule has 1 atom stereocenters. The lowest BCUT2D eigenvalue weighted by Crippen LogP contribution is -2.30. The van der Waals surface area contributed by atoms with Gasteiger partial charge in [0.25, 0.3) is 0 Å². The Labute approximate surface area is 407 Å². The van der Waals surface area contributed by atoms with Gasteiger partial charge >= 0.3 is 17.9 Å². The van der Waals surface area contributed by atoms with Crippen LogP contribution in [0.3, 0.4) is 0 Å². The van der Waals surface area contributed by atoms with Crippen LogP contribution in [0.4, 0.5) is 0 Å². The van der Waals surface area contributed by atoms with Crippen molar-refractivity contribution in [2.75, 3.05) is 13.2 Å². The van der Waals surface area contributed by atoms with E-state index in [0.29, 0.717) is 19.3 Å². The Hall–Kier alpha value is -3.67. The van der Waals surface area contributed by atoms with Gasteiger partial charge < -0.3 is 14.2 Å². The van der Waals surface area contributed by atoms with Crippen molar-refractivity contribution in [2.45, 2.75) is 252 Å². The van der Waals surface area contributed by atoms with Crippen molar-refractivity contribution in [1.82, 2.24) is 0 Å². The SMILES string of the molecule is CC/C=C\C/C=C\C/C=C\C/C=C\CCCCCC(=O)OCC(COC(=O)CCCCCCC/C=C\CCCCCCCCC)OC(=O)CCCCCCCC/C=C\C/C=C\C/C=C\CC. The van der Waals surface area contributed by atoms with Crippen LogP contribution in [-0.4, -0.2) is 37.2 Å². The minimum atomic E-state index is -0.802. The van der Waals surface area contributed by atoms with Gasteiger partial charge in [0.2, 0.25) is 0 Å². The molecule has 0 rings (SSSR count). The zero-order chi connectivity index (χ0) is 47.9. The van der Waals surface area contributed by atoms with Crippen molar-refractivity contribution < 1.29 is 28.6 Å². The van der Waals surface area contributed by atoms with Gasteiger partial charge in [0, 0.05) is 19.3 Å². The standard InChI is InChI=1S/C60H100O6/c1-4-7-10-13-16-19-22-25-28-31-34-37-40-43-46-49-52-58(61)64-55-57(66-60(63)54-51-48-45-42-39-36-33-30-27-24-21-18-15-12-9-6-3)56-65-59(62)53-50-47-44-41-38-35-32-29-26-23-20-17-14-11-8-5-2/h7,9-10,12,16,18-19,21,25,27-30,32,34,37,57H,4-6,8,11,13-15,17,20,22-24,26,31,33,35-36,38-56H2,1-3H3/b10-7-,12-9-,19-16-,21-18-,28-25-,30-27-,32-29-,37-34-. The molecule has 0 N–H and O–H groups in total. The molecule has 0 radical (unpaired) electrons. The van der Waals surface area contributed by atoms with Gasteiger partial charge in [0.1, 0.15) is 13.2 Å². The molecule has 6 heteroatoms. The molecular weight excluding hydrogens is 817 g/mol. The molecular formula is C60H100O6. The van der Waals surface area contributed by atoms with Gasteiger partial charge in [-0.25, -0.2) is 0 Å². The number of rotatable bonds is 48. The van der Waals surface area contributed by atoms with Crippen molar-refractivity contribution in [3.8, 4) is 0 Å². The molecule has 0 heterocycles. The summed E-state index contributed by atoms with van der Waals surface area (Å²) in [5.41, 5.74) is 0. The summed E-state index contributed by atoms with van der Waals surface area (Å²) in [6.07, 6.45) is 71.0. The number of allylic oxidation sites excluding steroid dienone is 16. The highest BCUT2D eigenvalue weighted by atomic mass is 16.6. The first-order valence-electron chi connectivity index (χ1n) is 27.2. The van der Waals surface area contributed by atoms with E-state index in [1.165, 1.54) is 77.0 Å². The fourth-order valence-corrected chi connectivity index (χ4v) is 7.27. The molecule has 0 saturated carbocycles. The molecule has 6 nitrogen and oxygen atoms in total. The van der Waals surface area contributed by atoms with E-state index in [-0.39, 0.29) is 31.1 Å². The van der Waals surface area contributed by atoms with E-state index < -0.39 is 6.10 Å². The van der Waals surface area contributed by atoms with Crippen LogP contribution in [0.1, 0.15) is 245 Å². The van der Waals surface area contributed by atoms with E-state index >= 15 is 0 Å². The summed E-state index contributed by atoms with van der Waals surface area (Å²) in [5, 5.41) is 0. The van der Waals surface area contributed by atoms with Crippen LogP contribution in [0.15, 0.2) is 97.2 Å². The lowest BCUT2D eigenvalue weighted by atomic mass is 10.1. The molecule has 1 unspecified atom stereocenters. The highest BCUT2D eigenvalue weighted by Gasteiger charge is 2.19. The van der Waals surface area contributed by atoms with E-state index in [0.717, 1.165) is 128 Å². The minimum absolute atomic E-state index is 0.0983. The van der Waals surface area contributed by atoms with Crippen LogP contribution in [0.2, 0.25) is 0 Å². The van der Waals surface area contributed by atoms with Gasteiger partial charge in [-0.05, 0) is 116 Å². The van der Waals surface area contributed by atoms with E-state index in [1.54, 1.807) is 0 Å². The Morgan fingerprint density at radius 1 is 0.318 bits per heavy atom. The summed E-state index contributed by atoms with van der Waals surface area (Å²) in [4.78, 5) is 38.1. The van der Waals surface area contributed by atoms with Crippen molar-refractivity contribution in [2.24, 2.45) is 0 Å². The molecule has 0 spiro atoms. The first-order valence-corrected chi connectivity index (χ1v) is 27.2. The molecule has 0 aromatic rings. The second-order valence-corrected chi connectivity index (χ2v) is 17.7. The number of esters is 3. The van der Waals surface area contributed by atoms with Crippen molar-refractivity contribution in [3.05, 3.63) is 97.2 Å². The molecule has 0 saturated heterocycles. The Morgan fingerprint density at radius 3 is 0.955 bits per heavy atom. The van der Waals surface area contributed by atoms with Crippen LogP contribution in [0, 0.1) is 0 Å². The summed E-state index contributed by atoms with van der Waals surface area (Å²) >= 11 is 0. The highest BCUT2D eigenvalue weighted by molar-refractivity contribution is 5.71. The summed E-state index contributed by atoms with van der Waals surface area (Å²) in [6, 6.07) is 0. The van der Waals surface area contributed by atoms with Crippen molar-refractivity contribution >= 4 is 17.9 Å². The van der Waals surface area contributed by atoms with E-state index in [9.17, 15) is 14.4 Å². The van der Waals surface area contributed by atoms with Crippen LogP contribution >= 0.6 is 0 Å². The monoisotopic (exact) mass is 917 g/mol. The predicted octanol–water partition coefficient (Wildman–Crippen LogP) is 18.1. The minimum Gasteiger partial charge on any atom is -0.462 e. The van der Waals surface area contributed by atoms with Gasteiger partial charge in [-0.3, -0.25) is 14.4 Å². The van der Waals surface area contributed by atoms with E-state index in [4.69, 9.17) is 14.2 Å². The predicted molar refractivity (Wildman–Crippen MR) is 284 cm³/mol. The maximum Gasteiger partial charge on any atom is 0.306 e. The van der Waals surface area contributed by atoms with Crippen molar-refractivity contribution in [3.63, 3.8) is 0 Å². The van der Waals surface area contributed by atoms with Crippen LogP contribution in [0.5, 0.6) is 0 Å². The number of ether oxygens (including phenoxy) is 3. The highest BCUT2D eigenvalue weighted by Crippen LogP contribution is 2.14. The van der Waals surface area contributed by atoms with Crippen LogP contribution in [-0.2, 0) is 28.6 Å². The second kappa shape index (κ2) is 53.9. The average Bonchev–Trinajstić information content (AvgIpc) is 3.31. The van der Waals surface area contributed by atoms with Gasteiger partial charge in [0.15, 0.2) is 6.10 Å². The summed E-state index contributed by atoms with van der Waals surface area (Å²) in [5.74, 6) is -0.951. The average molecular weight is 917 g/mol. The Morgan fingerprint density at radius 2 is 0.591 bits per heavy atom. The fraction of sp³-hybridized carbons (Fsp3) is 0.683. The second-order valence-electron chi connectivity index (χ2n) is 17.7. The van der Waals surface area contributed by atoms with Crippen LogP contribution in [0.25, 0.3) is 0 Å². The van der Waals surface area contributed by atoms with Crippen molar-refractivity contribution in [1.29, 1.82) is 0 Å². The zero-order valence-corrected chi connectivity index (χ0v) is 42.9. The smallest absolute Gasteiger partial charge is 0.306 e. The first kappa shape index (κ1) is 62.3. The fourth-order valence-electron chi connectivity index (χ4n) is 7.27. The largest absolute Gasteiger partial charge is 0.462 e. The topological polar surface area (TPSA) is 78.9 Å². The van der Waals surface area contributed by atoms with E-state index in [1.807, 2.05) is 0 Å². The third-order valence-electron chi connectivity index (χ3n) is 11.3. The van der Waals surface area contributed by atoms with Gasteiger partial charge in [0.05, 0.1) is 0 Å². The molecule has 376 valence electrons. The molecule has 66 heavy (non-hydrogen) atoms. The molecule has 0 aromatic carbocycles. The number of carbonyl (C=O) groups is 3. The Balaban J connectivity index is 4.48. The molecule has 0 aliphatic carbocycles. The number of hydrogen-bond acceptors (Lipinski definition) is 6. The third-order valence-corrected chi connectivity index (χ3v) is 11.3. The van der Waals surface area contributed by atoms with Gasteiger partial charge in [-0.15, -0.1) is 0 Å². The summed E-state index contributed by atoms with van der Waals surface area (Å²) in [7, 11) is 0. The number of hydrogen-bond donors (Lipinski definition) is 0. The number of carbonyl (C=O) groups excluding carboxylic acids is 3. The molecule has 0 aliphatic heterocycles. The third kappa shape index (κ3) is 51.3. The lowest BCUT2D eigenvalue weighted by Gasteiger charge is -2.18. The van der Waals surface area contributed by atoms with Crippen LogP contribution < -0.4 is 0 Å². The molecule has 0 bridgehead atoms. The first-order chi connectivity index (χ1) is 32.5. The zero-order valence-electron chi connectivity index (χ0n) is 42.9. The lowest BCUT2D eigenvalue weighted by molar-refractivity contribution is -0.167. The summed E-state index contributed by atoms with van der Waals surface area (Å²) < 4.78 is 16.8. The summed E-state index contributed by atoms with van der Waals surface area (Å²) in [6.45, 7) is 6.37. The normalized spacial score (nSPS) is 12.8. The Bertz CT molecular complexity index is 1330. The Kier molecular flexibility index (Phi) is 50.9. The maximum atomic E-state index is 12.8.